The van der Waals surface area contributed by atoms with E-state index in [-0.39, 0.29) is 12.1 Å². The van der Waals surface area contributed by atoms with E-state index in [1.165, 1.54) is 17.4 Å². The molecule has 172 valence electrons. The summed E-state index contributed by atoms with van der Waals surface area (Å²) in [5.41, 5.74) is 3.86. The summed E-state index contributed by atoms with van der Waals surface area (Å²) in [5.74, 6) is 1.66. The molecule has 9 heteroatoms. The zero-order chi connectivity index (χ0) is 22.7. The highest BCUT2D eigenvalue weighted by Gasteiger charge is 2.43. The van der Waals surface area contributed by atoms with Gasteiger partial charge in [-0.25, -0.2) is 18.4 Å². The van der Waals surface area contributed by atoms with Crippen LogP contribution in [-0.2, 0) is 32.3 Å². The molecule has 1 aromatic carbocycles. The Bertz CT molecular complexity index is 1160. The Morgan fingerprint density at radius 1 is 1.16 bits per heavy atom. The first-order chi connectivity index (χ1) is 15.2. The molecule has 0 saturated carbocycles. The number of rotatable bonds is 3. The van der Waals surface area contributed by atoms with Gasteiger partial charge >= 0.3 is 0 Å². The highest BCUT2D eigenvalue weighted by molar-refractivity contribution is 7.91. The van der Waals surface area contributed by atoms with E-state index in [0.29, 0.717) is 42.9 Å². The molecule has 3 aliphatic heterocycles. The van der Waals surface area contributed by atoms with Gasteiger partial charge in [-0.2, -0.15) is 0 Å². The van der Waals surface area contributed by atoms with E-state index in [4.69, 9.17) is 19.4 Å². The van der Waals surface area contributed by atoms with E-state index in [1.807, 2.05) is 6.07 Å². The van der Waals surface area contributed by atoms with Gasteiger partial charge < -0.3 is 19.7 Å². The van der Waals surface area contributed by atoms with Crippen molar-refractivity contribution in [2.24, 2.45) is 0 Å². The zero-order valence-corrected chi connectivity index (χ0v) is 19.8. The van der Waals surface area contributed by atoms with Crippen molar-refractivity contribution in [3.05, 3.63) is 35.0 Å². The molecule has 8 nitrogen and oxygen atoms in total. The van der Waals surface area contributed by atoms with Gasteiger partial charge in [0.1, 0.15) is 17.0 Å². The number of aromatic nitrogens is 2. The van der Waals surface area contributed by atoms with Crippen LogP contribution in [0, 0.1) is 0 Å². The third-order valence-corrected chi connectivity index (χ3v) is 8.95. The molecule has 0 radical (unpaired) electrons. The number of nitrogens with one attached hydrogen (secondary N) is 1. The van der Waals surface area contributed by atoms with Crippen LogP contribution in [0.2, 0.25) is 0 Å². The first kappa shape index (κ1) is 21.6. The van der Waals surface area contributed by atoms with Gasteiger partial charge in [-0.1, -0.05) is 12.1 Å². The van der Waals surface area contributed by atoms with Crippen LogP contribution in [0.3, 0.4) is 0 Å². The van der Waals surface area contributed by atoms with E-state index in [2.05, 4.69) is 29.3 Å². The molecule has 0 amide bonds. The second-order valence-corrected chi connectivity index (χ2v) is 12.1. The molecular weight excluding hydrogens is 428 g/mol. The summed E-state index contributed by atoms with van der Waals surface area (Å²) in [6.45, 7) is 8.82. The number of morpholine rings is 1. The second-order valence-electron chi connectivity index (χ2n) is 9.50. The normalized spacial score (nSPS) is 23.1. The van der Waals surface area contributed by atoms with Gasteiger partial charge in [-0.05, 0) is 50.9 Å². The molecule has 1 N–H and O–H groups in total. The molecule has 5 rings (SSSR count). The van der Waals surface area contributed by atoms with Crippen LogP contribution in [0.5, 0.6) is 5.75 Å². The number of sulfone groups is 1. The van der Waals surface area contributed by atoms with E-state index >= 15 is 0 Å². The summed E-state index contributed by atoms with van der Waals surface area (Å²) in [4.78, 5) is 12.0. The summed E-state index contributed by atoms with van der Waals surface area (Å²) >= 11 is 0. The largest absolute Gasteiger partial charge is 0.486 e. The van der Waals surface area contributed by atoms with Crippen molar-refractivity contribution >= 4 is 15.7 Å². The number of anilines is 1. The number of hydrogen-bond donors (Lipinski definition) is 1. The lowest BCUT2D eigenvalue weighted by Crippen LogP contribution is -2.56. The fourth-order valence-corrected chi connectivity index (χ4v) is 5.15. The Balaban J connectivity index is 1.72. The van der Waals surface area contributed by atoms with E-state index in [0.717, 1.165) is 25.1 Å². The van der Waals surface area contributed by atoms with Crippen LogP contribution < -0.4 is 15.0 Å². The van der Waals surface area contributed by atoms with Gasteiger partial charge in [0, 0.05) is 18.4 Å². The number of fused-ring (bicyclic) bond motifs is 4. The first-order valence-electron chi connectivity index (χ1n) is 11.1. The number of ether oxygens (including phenoxy) is 2. The molecule has 4 heterocycles. The summed E-state index contributed by atoms with van der Waals surface area (Å²) in [6, 6.07) is 6.41. The summed E-state index contributed by atoms with van der Waals surface area (Å²) < 4.78 is 36.2. The van der Waals surface area contributed by atoms with Gasteiger partial charge in [0.05, 0.1) is 25.3 Å². The second kappa shape index (κ2) is 7.67. The maximum Gasteiger partial charge on any atom is 0.185 e. The van der Waals surface area contributed by atoms with Crippen LogP contribution >= 0.6 is 0 Å². The highest BCUT2D eigenvalue weighted by atomic mass is 32.2. The summed E-state index contributed by atoms with van der Waals surface area (Å²) in [5, 5.41) is 3.39. The molecule has 1 aromatic heterocycles. The quantitative estimate of drug-likeness (QED) is 0.747. The molecule has 1 unspecified atom stereocenters. The molecule has 32 heavy (non-hydrogen) atoms. The Morgan fingerprint density at radius 2 is 1.97 bits per heavy atom. The van der Waals surface area contributed by atoms with Gasteiger partial charge in [-0.15, -0.1) is 0 Å². The molecule has 1 fully saturated rings. The van der Waals surface area contributed by atoms with Crippen molar-refractivity contribution in [2.45, 2.75) is 50.6 Å². The van der Waals surface area contributed by atoms with Gasteiger partial charge in [0.15, 0.2) is 27.2 Å². The topological polar surface area (TPSA) is 93.6 Å². The predicted molar refractivity (Wildman–Crippen MR) is 123 cm³/mol. The molecule has 2 atom stereocenters. The molecule has 0 aliphatic carbocycles. The Hall–Kier alpha value is -2.23. The molecule has 0 spiro atoms. The number of nitrogens with zero attached hydrogens (tertiary/aromatic N) is 3. The van der Waals surface area contributed by atoms with Crippen LogP contribution in [0.4, 0.5) is 5.82 Å². The van der Waals surface area contributed by atoms with Crippen molar-refractivity contribution in [1.29, 1.82) is 0 Å². The monoisotopic (exact) mass is 458 g/mol. The van der Waals surface area contributed by atoms with Crippen molar-refractivity contribution in [1.82, 2.24) is 15.3 Å². The standard InChI is InChI=1S/C23H30N4O4S/c1-14-11-30-12-18-13-31-19-20(23(2,3)32(4,28)29)25-21(26-22(19)27(14)18)16-5-6-17-10-24-8-7-15(17)9-16/h5-6,9,14,18,24H,7-8,10-13H2,1-4H3/t14-,18?/m1/s1. The van der Waals surface area contributed by atoms with Crippen LogP contribution in [0.1, 0.15) is 37.6 Å². The van der Waals surface area contributed by atoms with Crippen LogP contribution in [0.25, 0.3) is 11.4 Å². The first-order valence-corrected chi connectivity index (χ1v) is 13.0. The SMILES string of the molecule is C[C@@H]1COCC2COc3c(nc(-c4ccc5c(c4)CCNC5)nc3C(C)(C)S(C)(=O)=O)N21. The zero-order valence-electron chi connectivity index (χ0n) is 19.0. The molecule has 2 aromatic rings. The lowest BCUT2D eigenvalue weighted by atomic mass is 9.98. The average molecular weight is 459 g/mol. The summed E-state index contributed by atoms with van der Waals surface area (Å²) in [6.07, 6.45) is 2.19. The number of hydrogen-bond acceptors (Lipinski definition) is 8. The summed E-state index contributed by atoms with van der Waals surface area (Å²) in [7, 11) is -3.47. The fourth-order valence-electron chi connectivity index (χ4n) is 4.66. The Morgan fingerprint density at radius 3 is 2.75 bits per heavy atom. The minimum atomic E-state index is -3.47. The van der Waals surface area contributed by atoms with Crippen molar-refractivity contribution in [2.75, 3.05) is 37.5 Å². The van der Waals surface area contributed by atoms with Gasteiger partial charge in [0.2, 0.25) is 0 Å². The third kappa shape index (κ3) is 3.47. The van der Waals surface area contributed by atoms with Gasteiger partial charge in [0.25, 0.3) is 0 Å². The average Bonchev–Trinajstić information content (AvgIpc) is 2.77. The maximum absolute atomic E-state index is 12.8. The maximum atomic E-state index is 12.8. The van der Waals surface area contributed by atoms with Gasteiger partial charge in [-0.3, -0.25) is 0 Å². The predicted octanol–water partition coefficient (Wildman–Crippen LogP) is 2.06. The minimum absolute atomic E-state index is 0.0396. The molecular formula is C23H30N4O4S. The van der Waals surface area contributed by atoms with Crippen molar-refractivity contribution < 1.29 is 17.9 Å². The fraction of sp³-hybridized carbons (Fsp3) is 0.565. The molecule has 0 bridgehead atoms. The lowest BCUT2D eigenvalue weighted by molar-refractivity contribution is 0.0482. The Kier molecular flexibility index (Phi) is 5.18. The molecule has 1 saturated heterocycles. The molecule has 3 aliphatic rings. The smallest absolute Gasteiger partial charge is 0.185 e. The third-order valence-electron chi connectivity index (χ3n) is 6.90. The lowest BCUT2D eigenvalue weighted by Gasteiger charge is -2.45. The van der Waals surface area contributed by atoms with E-state index in [9.17, 15) is 8.42 Å². The van der Waals surface area contributed by atoms with Crippen LogP contribution in [0.15, 0.2) is 18.2 Å². The van der Waals surface area contributed by atoms with Crippen molar-refractivity contribution in [3.8, 4) is 17.1 Å². The van der Waals surface area contributed by atoms with E-state index < -0.39 is 14.6 Å². The van der Waals surface area contributed by atoms with Crippen LogP contribution in [-0.4, -0.2) is 63.1 Å². The highest BCUT2D eigenvalue weighted by Crippen LogP contribution is 2.44. The minimum Gasteiger partial charge on any atom is -0.486 e. The van der Waals surface area contributed by atoms with E-state index in [1.54, 1.807) is 13.8 Å². The van der Waals surface area contributed by atoms with Crippen molar-refractivity contribution in [3.63, 3.8) is 0 Å². The number of benzene rings is 1. The Labute approximate surface area is 189 Å².